The van der Waals surface area contributed by atoms with Crippen molar-refractivity contribution in [3.63, 3.8) is 0 Å². The van der Waals surface area contributed by atoms with Crippen LogP contribution in [0.5, 0.6) is 0 Å². The van der Waals surface area contributed by atoms with Crippen LogP contribution in [0.1, 0.15) is 55.4 Å². The Morgan fingerprint density at radius 3 is 2.38 bits per heavy atom. The Balaban J connectivity index is 1.31. The molecule has 0 unspecified atom stereocenters. The highest BCUT2D eigenvalue weighted by Gasteiger charge is 2.38. The molecule has 5 rings (SSSR count). The van der Waals surface area contributed by atoms with Crippen molar-refractivity contribution in [3.05, 3.63) is 119 Å². The third kappa shape index (κ3) is 8.58. The summed E-state index contributed by atoms with van der Waals surface area (Å²) in [5.41, 5.74) is 5.77. The third-order valence-electron chi connectivity index (χ3n) is 7.78. The van der Waals surface area contributed by atoms with Crippen LogP contribution >= 0.6 is 11.8 Å². The maximum absolute atomic E-state index is 12.3. The number of nitrogens with zero attached hydrogens (tertiary/aromatic N) is 1. The number of hydrogen-bond donors (Lipinski definition) is 2. The maximum Gasteiger partial charge on any atom is 0.303 e. The lowest BCUT2D eigenvalue weighted by molar-refractivity contribution is -0.268. The van der Waals surface area contributed by atoms with Gasteiger partial charge in [0.25, 0.3) is 5.91 Å². The van der Waals surface area contributed by atoms with Gasteiger partial charge in [0.15, 0.2) is 12.4 Å². The minimum atomic E-state index is -0.849. The molecule has 0 bridgehead atoms. The van der Waals surface area contributed by atoms with Crippen LogP contribution in [0.15, 0.2) is 102 Å². The smallest absolute Gasteiger partial charge is 0.303 e. The van der Waals surface area contributed by atoms with Crippen LogP contribution < -0.4 is 5.32 Å². The lowest BCUT2D eigenvalue weighted by Gasteiger charge is -2.41. The van der Waals surface area contributed by atoms with Crippen LogP contribution in [-0.2, 0) is 37.0 Å². The predicted molar refractivity (Wildman–Crippen MR) is 173 cm³/mol. The molecule has 234 valence electrons. The van der Waals surface area contributed by atoms with Gasteiger partial charge >= 0.3 is 5.97 Å². The number of hydrogen-bond acceptors (Lipinski definition) is 8. The van der Waals surface area contributed by atoms with Crippen molar-refractivity contribution in [3.8, 4) is 11.1 Å². The molecule has 0 saturated carbocycles. The van der Waals surface area contributed by atoms with Gasteiger partial charge in [-0.15, -0.1) is 11.8 Å². The molecule has 1 aliphatic heterocycles. The van der Waals surface area contributed by atoms with Crippen molar-refractivity contribution < 1.29 is 28.9 Å². The first-order valence-corrected chi connectivity index (χ1v) is 16.0. The van der Waals surface area contributed by atoms with Gasteiger partial charge in [-0.3, -0.25) is 9.59 Å². The zero-order chi connectivity index (χ0) is 31.8. The van der Waals surface area contributed by atoms with Gasteiger partial charge in [0.05, 0.1) is 23.8 Å². The summed E-state index contributed by atoms with van der Waals surface area (Å²) >= 11 is 1.67. The van der Waals surface area contributed by atoms with E-state index < -0.39 is 18.4 Å². The van der Waals surface area contributed by atoms with Gasteiger partial charge in [-0.25, -0.2) is 4.98 Å². The van der Waals surface area contributed by atoms with E-state index in [4.69, 9.17) is 14.2 Å². The monoisotopic (exact) mass is 626 g/mol. The first kappa shape index (κ1) is 32.4. The highest BCUT2D eigenvalue weighted by molar-refractivity contribution is 7.99. The number of aliphatic hydroxyl groups excluding tert-OH is 1. The molecule has 1 saturated heterocycles. The number of benzene rings is 3. The summed E-state index contributed by atoms with van der Waals surface area (Å²) in [5, 5.41) is 13.3. The molecule has 45 heavy (non-hydrogen) atoms. The van der Waals surface area contributed by atoms with Crippen LogP contribution in [0.4, 0.5) is 0 Å². The first-order valence-electron chi connectivity index (χ1n) is 15.0. The van der Waals surface area contributed by atoms with Crippen molar-refractivity contribution in [2.45, 2.75) is 63.6 Å². The summed E-state index contributed by atoms with van der Waals surface area (Å²) < 4.78 is 18.1. The fraction of sp³-hybridized carbons (Fsp3) is 0.306. The minimum Gasteiger partial charge on any atom is -0.453 e. The summed E-state index contributed by atoms with van der Waals surface area (Å²) in [6.45, 7) is 5.29. The number of ether oxygens (including phenoxy) is 3. The van der Waals surface area contributed by atoms with E-state index in [1.165, 1.54) is 6.92 Å². The molecule has 1 aromatic heterocycles. The molecule has 8 nitrogen and oxygen atoms in total. The molecule has 2 N–H and O–H groups in total. The largest absolute Gasteiger partial charge is 0.453 e. The van der Waals surface area contributed by atoms with Crippen LogP contribution in [0, 0.1) is 5.92 Å². The number of aliphatic hydroxyl groups is 1. The van der Waals surface area contributed by atoms with E-state index >= 15 is 0 Å². The van der Waals surface area contributed by atoms with Crippen LogP contribution in [0.2, 0.25) is 0 Å². The topological polar surface area (TPSA) is 107 Å². The van der Waals surface area contributed by atoms with Gasteiger partial charge in [0.1, 0.15) is 0 Å². The Morgan fingerprint density at radius 1 is 0.933 bits per heavy atom. The Kier molecular flexibility index (Phi) is 11.0. The third-order valence-corrected chi connectivity index (χ3v) is 8.81. The lowest BCUT2D eigenvalue weighted by atomic mass is 9.91. The Morgan fingerprint density at radius 2 is 1.69 bits per heavy atom. The lowest BCUT2D eigenvalue weighted by Crippen LogP contribution is -2.38. The zero-order valence-electron chi connectivity index (χ0n) is 25.6. The van der Waals surface area contributed by atoms with Crippen molar-refractivity contribution in [1.82, 2.24) is 10.3 Å². The number of thioether (sulfide) groups is 1. The van der Waals surface area contributed by atoms with E-state index in [2.05, 4.69) is 17.2 Å². The quantitative estimate of drug-likeness (QED) is 0.146. The average Bonchev–Trinajstić information content (AvgIpc) is 3.07. The summed E-state index contributed by atoms with van der Waals surface area (Å²) in [6.07, 6.45) is 0.102. The van der Waals surface area contributed by atoms with Gasteiger partial charge in [-0.05, 0) is 52.9 Å². The highest BCUT2D eigenvalue weighted by Crippen LogP contribution is 2.43. The summed E-state index contributed by atoms with van der Waals surface area (Å²) in [5.74, 6) is -0.0320. The molecule has 1 aliphatic rings. The standard InChI is InChI=1S/C36H38N2O6S/c1-23-32(22-45-33-9-4-5-18-37-33)43-36(44-34(23)29-12-10-26(21-39)11-13-29)30-16-14-28(15-17-30)31-8-6-7-27(19-31)20-38-35(41)24(2)42-25(3)40/h4-19,23-24,32,34,36,39H,20-22H2,1-3H3,(H,38,41)/t23-,24+,32+,34+,36+/m1/s1. The first-order chi connectivity index (χ1) is 21.8. The minimum absolute atomic E-state index is 0.00435. The SMILES string of the molecule is CC(=O)O[C@@H](C)C(=O)NCc1cccc(-c2ccc([C@H]3O[C@@H](CSc4ccccn4)[C@@H](C)[C@@H](c4ccc(CO)cc4)O3)cc2)c1. The Hall–Kier alpha value is -4.02. The summed E-state index contributed by atoms with van der Waals surface area (Å²) in [7, 11) is 0. The molecule has 5 atom stereocenters. The molecule has 9 heteroatoms. The van der Waals surface area contributed by atoms with E-state index in [1.807, 2.05) is 91.0 Å². The zero-order valence-corrected chi connectivity index (χ0v) is 26.4. The van der Waals surface area contributed by atoms with Gasteiger partial charge in [-0.2, -0.15) is 0 Å². The van der Waals surface area contributed by atoms with Crippen molar-refractivity contribution in [1.29, 1.82) is 0 Å². The van der Waals surface area contributed by atoms with Crippen molar-refractivity contribution >= 4 is 23.6 Å². The fourth-order valence-corrected chi connectivity index (χ4v) is 6.27. The van der Waals surface area contributed by atoms with Crippen molar-refractivity contribution in [2.75, 3.05) is 5.75 Å². The number of carbonyl (C=O) groups is 2. The molecule has 4 aromatic rings. The summed E-state index contributed by atoms with van der Waals surface area (Å²) in [6, 6.07) is 29.9. The molecule has 2 heterocycles. The molecule has 1 fully saturated rings. The van der Waals surface area contributed by atoms with Gasteiger partial charge < -0.3 is 24.6 Å². The van der Waals surface area contributed by atoms with Gasteiger partial charge in [0.2, 0.25) is 0 Å². The number of nitrogens with one attached hydrogen (secondary N) is 1. The number of rotatable bonds is 11. The maximum atomic E-state index is 12.3. The van der Waals surface area contributed by atoms with Gasteiger partial charge in [0, 0.05) is 36.9 Å². The Labute approximate surface area is 268 Å². The molecule has 1 amide bonds. The fourth-order valence-electron chi connectivity index (χ4n) is 5.24. The molecule has 3 aromatic carbocycles. The number of amides is 1. The summed E-state index contributed by atoms with van der Waals surface area (Å²) in [4.78, 5) is 27.9. The molecule has 0 radical (unpaired) electrons. The second-order valence-corrected chi connectivity index (χ2v) is 12.1. The molecular formula is C36H38N2O6S. The molecular weight excluding hydrogens is 588 g/mol. The Bertz CT molecular complexity index is 1560. The van der Waals surface area contributed by atoms with Gasteiger partial charge in [-0.1, -0.05) is 79.7 Å². The predicted octanol–water partition coefficient (Wildman–Crippen LogP) is 6.39. The van der Waals surface area contributed by atoms with E-state index in [-0.39, 0.29) is 30.6 Å². The van der Waals surface area contributed by atoms with E-state index in [0.29, 0.717) is 6.54 Å². The molecule has 0 aliphatic carbocycles. The average molecular weight is 627 g/mol. The van der Waals surface area contributed by atoms with Crippen LogP contribution in [-0.4, -0.2) is 39.9 Å². The van der Waals surface area contributed by atoms with Crippen molar-refractivity contribution in [2.24, 2.45) is 5.92 Å². The number of pyridine rings is 1. The van der Waals surface area contributed by atoms with Crippen LogP contribution in [0.25, 0.3) is 11.1 Å². The second-order valence-electron chi connectivity index (χ2n) is 11.1. The second kappa shape index (κ2) is 15.3. The number of carbonyl (C=O) groups excluding carboxylic acids is 2. The normalized spacial score (nSPS) is 20.3. The highest BCUT2D eigenvalue weighted by atomic mass is 32.2. The van der Waals surface area contributed by atoms with E-state index in [1.54, 1.807) is 24.9 Å². The van der Waals surface area contributed by atoms with Crippen LogP contribution in [0.3, 0.4) is 0 Å². The van der Waals surface area contributed by atoms with E-state index in [0.717, 1.165) is 44.2 Å². The van der Waals surface area contributed by atoms with E-state index in [9.17, 15) is 14.7 Å². The number of esters is 1. The number of aromatic nitrogens is 1. The molecule has 0 spiro atoms.